The van der Waals surface area contributed by atoms with Crippen LogP contribution in [0.1, 0.15) is 43.9 Å². The van der Waals surface area contributed by atoms with Gasteiger partial charge in [0.2, 0.25) is 11.8 Å². The SMILES string of the molecule is CC[C@H](C(=O)NCC(C)C)N(Cc1c(Cl)cccc1Cl)C(=O)CSCc1ccc(C)cc1. The molecule has 0 saturated carbocycles. The Bertz CT molecular complexity index is 883. The van der Waals surface area contributed by atoms with Gasteiger partial charge in [-0.3, -0.25) is 9.59 Å². The molecule has 2 aromatic carbocycles. The molecule has 0 radical (unpaired) electrons. The van der Waals surface area contributed by atoms with E-state index in [0.29, 0.717) is 34.5 Å². The molecule has 4 nitrogen and oxygen atoms in total. The molecule has 0 unspecified atom stereocenters. The van der Waals surface area contributed by atoms with Crippen molar-refractivity contribution in [2.45, 2.75) is 52.5 Å². The minimum Gasteiger partial charge on any atom is -0.354 e. The molecule has 32 heavy (non-hydrogen) atoms. The fraction of sp³-hybridized carbons (Fsp3) is 0.440. The van der Waals surface area contributed by atoms with Gasteiger partial charge in [0.15, 0.2) is 0 Å². The quantitative estimate of drug-likeness (QED) is 0.409. The molecule has 0 bridgehead atoms. The van der Waals surface area contributed by atoms with Gasteiger partial charge in [0.05, 0.1) is 5.75 Å². The highest BCUT2D eigenvalue weighted by Gasteiger charge is 2.29. The van der Waals surface area contributed by atoms with E-state index in [0.717, 1.165) is 11.3 Å². The lowest BCUT2D eigenvalue weighted by Crippen LogP contribution is -2.50. The zero-order valence-electron chi connectivity index (χ0n) is 19.2. The highest BCUT2D eigenvalue weighted by atomic mass is 35.5. The third-order valence-corrected chi connectivity index (χ3v) is 6.77. The molecule has 2 aromatic rings. The van der Waals surface area contributed by atoms with Gasteiger partial charge in [-0.25, -0.2) is 0 Å². The van der Waals surface area contributed by atoms with Crippen LogP contribution in [0.4, 0.5) is 0 Å². The lowest BCUT2D eigenvalue weighted by molar-refractivity contribution is -0.139. The van der Waals surface area contributed by atoms with Crippen LogP contribution >= 0.6 is 35.0 Å². The second-order valence-corrected chi connectivity index (χ2v) is 10.1. The molecule has 0 saturated heterocycles. The zero-order chi connectivity index (χ0) is 23.7. The summed E-state index contributed by atoms with van der Waals surface area (Å²) in [6, 6.07) is 12.9. The molecule has 2 amide bonds. The van der Waals surface area contributed by atoms with Crippen LogP contribution in [0.25, 0.3) is 0 Å². The largest absolute Gasteiger partial charge is 0.354 e. The second-order valence-electron chi connectivity index (χ2n) is 8.26. The normalized spacial score (nSPS) is 12.0. The lowest BCUT2D eigenvalue weighted by atomic mass is 10.1. The molecule has 1 atom stereocenters. The molecular formula is C25H32Cl2N2O2S. The first-order valence-electron chi connectivity index (χ1n) is 10.9. The minimum absolute atomic E-state index is 0.107. The van der Waals surface area contributed by atoms with Crippen LogP contribution in [0, 0.1) is 12.8 Å². The molecule has 0 fully saturated rings. The van der Waals surface area contributed by atoms with Crippen molar-refractivity contribution in [3.63, 3.8) is 0 Å². The number of nitrogens with one attached hydrogen (secondary N) is 1. The van der Waals surface area contributed by atoms with Gasteiger partial charge in [-0.1, -0.05) is 79.9 Å². The van der Waals surface area contributed by atoms with E-state index in [4.69, 9.17) is 23.2 Å². The van der Waals surface area contributed by atoms with Crippen molar-refractivity contribution < 1.29 is 9.59 Å². The molecule has 0 aliphatic rings. The van der Waals surface area contributed by atoms with Crippen molar-refractivity contribution in [2.24, 2.45) is 5.92 Å². The van der Waals surface area contributed by atoms with E-state index in [1.165, 1.54) is 17.3 Å². The van der Waals surface area contributed by atoms with E-state index >= 15 is 0 Å². The number of rotatable bonds is 11. The lowest BCUT2D eigenvalue weighted by Gasteiger charge is -2.31. The van der Waals surface area contributed by atoms with Crippen molar-refractivity contribution in [2.75, 3.05) is 12.3 Å². The molecule has 174 valence electrons. The Morgan fingerprint density at radius 3 is 2.25 bits per heavy atom. The summed E-state index contributed by atoms with van der Waals surface area (Å²) >= 11 is 14.3. The first-order valence-corrected chi connectivity index (χ1v) is 12.8. The summed E-state index contributed by atoms with van der Waals surface area (Å²) in [4.78, 5) is 27.8. The zero-order valence-corrected chi connectivity index (χ0v) is 21.5. The van der Waals surface area contributed by atoms with Crippen molar-refractivity contribution in [3.8, 4) is 0 Å². The van der Waals surface area contributed by atoms with Crippen molar-refractivity contribution in [1.29, 1.82) is 0 Å². The Morgan fingerprint density at radius 2 is 1.69 bits per heavy atom. The van der Waals surface area contributed by atoms with Gasteiger partial charge >= 0.3 is 0 Å². The van der Waals surface area contributed by atoms with Gasteiger partial charge in [-0.2, -0.15) is 0 Å². The van der Waals surface area contributed by atoms with Crippen LogP contribution < -0.4 is 5.32 Å². The smallest absolute Gasteiger partial charge is 0.242 e. The maximum absolute atomic E-state index is 13.3. The molecule has 7 heteroatoms. The van der Waals surface area contributed by atoms with Gasteiger partial charge in [-0.15, -0.1) is 11.8 Å². The Morgan fingerprint density at radius 1 is 1.06 bits per heavy atom. The number of carbonyl (C=O) groups is 2. The van der Waals surface area contributed by atoms with Crippen molar-refractivity contribution >= 4 is 46.8 Å². The number of hydrogen-bond donors (Lipinski definition) is 1. The summed E-state index contributed by atoms with van der Waals surface area (Å²) in [5.74, 6) is 1.06. The molecule has 0 aliphatic heterocycles. The predicted molar refractivity (Wildman–Crippen MR) is 136 cm³/mol. The molecule has 0 aliphatic carbocycles. The van der Waals surface area contributed by atoms with E-state index in [-0.39, 0.29) is 24.1 Å². The van der Waals surface area contributed by atoms with Gasteiger partial charge in [0, 0.05) is 34.5 Å². The van der Waals surface area contributed by atoms with E-state index in [1.807, 2.05) is 27.7 Å². The van der Waals surface area contributed by atoms with Gasteiger partial charge in [0.1, 0.15) is 6.04 Å². The maximum atomic E-state index is 13.3. The van der Waals surface area contributed by atoms with Gasteiger partial charge in [0.25, 0.3) is 0 Å². The predicted octanol–water partition coefficient (Wildman–Crippen LogP) is 6.11. The Hall–Kier alpha value is -1.69. The van der Waals surface area contributed by atoms with Crippen LogP contribution in [-0.2, 0) is 21.9 Å². The maximum Gasteiger partial charge on any atom is 0.242 e. The number of thioether (sulfide) groups is 1. The Kier molecular flexibility index (Phi) is 10.9. The van der Waals surface area contributed by atoms with Crippen LogP contribution in [0.5, 0.6) is 0 Å². The van der Waals surface area contributed by atoms with Crippen LogP contribution in [0.2, 0.25) is 10.0 Å². The van der Waals surface area contributed by atoms with Crippen LogP contribution in [-0.4, -0.2) is 35.1 Å². The van der Waals surface area contributed by atoms with Crippen LogP contribution in [0.3, 0.4) is 0 Å². The number of halogens is 2. The van der Waals surface area contributed by atoms with Gasteiger partial charge in [-0.05, 0) is 37.0 Å². The van der Waals surface area contributed by atoms with E-state index in [2.05, 4.69) is 29.6 Å². The first-order chi connectivity index (χ1) is 15.2. The monoisotopic (exact) mass is 494 g/mol. The number of carbonyl (C=O) groups excluding carboxylic acids is 2. The number of benzene rings is 2. The molecule has 0 heterocycles. The average molecular weight is 496 g/mol. The van der Waals surface area contributed by atoms with E-state index in [1.54, 1.807) is 23.1 Å². The summed E-state index contributed by atoms with van der Waals surface area (Å²) in [7, 11) is 0. The summed E-state index contributed by atoms with van der Waals surface area (Å²) in [6.45, 7) is 8.79. The Balaban J connectivity index is 2.18. The van der Waals surface area contributed by atoms with E-state index in [9.17, 15) is 9.59 Å². The molecular weight excluding hydrogens is 463 g/mol. The number of aryl methyl sites for hydroxylation is 1. The highest BCUT2D eigenvalue weighted by Crippen LogP contribution is 2.27. The number of hydrogen-bond acceptors (Lipinski definition) is 3. The summed E-state index contributed by atoms with van der Waals surface area (Å²) in [5, 5.41) is 3.94. The summed E-state index contributed by atoms with van der Waals surface area (Å²) in [5.41, 5.74) is 3.02. The van der Waals surface area contributed by atoms with E-state index < -0.39 is 6.04 Å². The number of amides is 2. The first kappa shape index (κ1) is 26.6. The summed E-state index contributed by atoms with van der Waals surface area (Å²) in [6.07, 6.45) is 0.500. The molecule has 1 N–H and O–H groups in total. The molecule has 0 aromatic heterocycles. The molecule has 0 spiro atoms. The van der Waals surface area contributed by atoms with Crippen molar-refractivity contribution in [3.05, 3.63) is 69.2 Å². The molecule has 2 rings (SSSR count). The summed E-state index contributed by atoms with van der Waals surface area (Å²) < 4.78 is 0. The Labute approximate surface area is 206 Å². The average Bonchev–Trinajstić information content (AvgIpc) is 2.75. The third-order valence-electron chi connectivity index (χ3n) is 5.08. The van der Waals surface area contributed by atoms with Crippen molar-refractivity contribution in [1.82, 2.24) is 10.2 Å². The topological polar surface area (TPSA) is 49.4 Å². The standard InChI is InChI=1S/C25H32Cl2N2O2S/c1-5-23(25(31)28-13-17(2)3)29(14-20-21(26)7-6-8-22(20)27)24(30)16-32-15-19-11-9-18(4)10-12-19/h6-12,17,23H,5,13-16H2,1-4H3,(H,28,31)/t23-/m1/s1. The number of nitrogens with zero attached hydrogens (tertiary/aromatic N) is 1. The minimum atomic E-state index is -0.589. The van der Waals surface area contributed by atoms with Crippen LogP contribution in [0.15, 0.2) is 42.5 Å². The fourth-order valence-corrected chi connectivity index (χ4v) is 4.61. The highest BCUT2D eigenvalue weighted by molar-refractivity contribution is 7.99. The fourth-order valence-electron chi connectivity index (χ4n) is 3.22. The van der Waals surface area contributed by atoms with Gasteiger partial charge < -0.3 is 10.2 Å². The third kappa shape index (κ3) is 8.02. The second kappa shape index (κ2) is 13.1.